The molecule has 1 atom stereocenters. The van der Waals surface area contributed by atoms with Gasteiger partial charge in [-0.25, -0.2) is 4.79 Å². The van der Waals surface area contributed by atoms with E-state index in [9.17, 15) is 9.90 Å². The Balaban J connectivity index is 2.38. The van der Waals surface area contributed by atoms with Gasteiger partial charge in [0.2, 0.25) is 0 Å². The molecule has 2 rings (SSSR count). The monoisotopic (exact) mass is 248 g/mol. The number of benzene rings is 1. The minimum Gasteiger partial charge on any atom is -0.464 e. The van der Waals surface area contributed by atoms with E-state index < -0.39 is 12.1 Å². The van der Waals surface area contributed by atoms with Gasteiger partial charge in [0.15, 0.2) is 6.10 Å². The highest BCUT2D eigenvalue weighted by Gasteiger charge is 2.19. The molecule has 4 heteroatoms. The lowest BCUT2D eigenvalue weighted by atomic mass is 10.1. The Morgan fingerprint density at radius 2 is 2.17 bits per heavy atom. The van der Waals surface area contributed by atoms with Crippen molar-refractivity contribution in [1.82, 2.24) is 0 Å². The van der Waals surface area contributed by atoms with Crippen LogP contribution >= 0.6 is 0 Å². The van der Waals surface area contributed by atoms with Crippen LogP contribution in [0.5, 0.6) is 0 Å². The molecule has 1 N–H and O–H groups in total. The van der Waals surface area contributed by atoms with Gasteiger partial charge in [0, 0.05) is 5.39 Å². The number of esters is 1. The fourth-order valence-corrected chi connectivity index (χ4v) is 1.89. The van der Waals surface area contributed by atoms with E-state index in [1.807, 2.05) is 19.9 Å². The highest BCUT2D eigenvalue weighted by molar-refractivity contribution is 5.84. The number of carbonyl (C=O) groups is 1. The summed E-state index contributed by atoms with van der Waals surface area (Å²) in [5, 5.41) is 10.8. The predicted molar refractivity (Wildman–Crippen MR) is 67.3 cm³/mol. The zero-order chi connectivity index (χ0) is 13.3. The fourth-order valence-electron chi connectivity index (χ4n) is 1.89. The number of hydrogen-bond donors (Lipinski definition) is 1. The molecule has 0 aliphatic carbocycles. The van der Waals surface area contributed by atoms with Crippen molar-refractivity contribution in [2.24, 2.45) is 0 Å². The van der Waals surface area contributed by atoms with Crippen molar-refractivity contribution < 1.29 is 19.1 Å². The molecule has 96 valence electrons. The van der Waals surface area contributed by atoms with Crippen LogP contribution in [-0.2, 0) is 9.53 Å². The van der Waals surface area contributed by atoms with E-state index in [-0.39, 0.29) is 6.61 Å². The molecule has 0 amide bonds. The number of aliphatic hydroxyl groups excluding tert-OH is 1. The number of hydrogen-bond acceptors (Lipinski definition) is 4. The Kier molecular flexibility index (Phi) is 3.39. The first-order chi connectivity index (χ1) is 8.54. The van der Waals surface area contributed by atoms with Crippen molar-refractivity contribution in [2.75, 3.05) is 6.61 Å². The van der Waals surface area contributed by atoms with E-state index in [0.29, 0.717) is 11.1 Å². The molecule has 1 unspecified atom stereocenters. The fraction of sp³-hybridized carbons (Fsp3) is 0.357. The van der Waals surface area contributed by atoms with Gasteiger partial charge in [-0.3, -0.25) is 0 Å². The molecule has 2 aromatic rings. The van der Waals surface area contributed by atoms with Crippen molar-refractivity contribution in [3.05, 3.63) is 35.1 Å². The third-order valence-corrected chi connectivity index (χ3v) is 3.03. The van der Waals surface area contributed by atoms with Crippen LogP contribution in [0.1, 0.15) is 29.9 Å². The van der Waals surface area contributed by atoms with Crippen LogP contribution in [0.2, 0.25) is 0 Å². The predicted octanol–water partition coefficient (Wildman–Crippen LogP) is 2.65. The highest BCUT2D eigenvalue weighted by Crippen LogP contribution is 2.27. The number of aliphatic hydroxyl groups is 1. The molecule has 4 nitrogen and oxygen atoms in total. The SMILES string of the molecule is CCOC(=O)C(O)c1ccc2c(C)c(C)oc2c1. The average Bonchev–Trinajstić information content (AvgIpc) is 2.64. The highest BCUT2D eigenvalue weighted by atomic mass is 16.5. The summed E-state index contributed by atoms with van der Waals surface area (Å²) >= 11 is 0. The summed E-state index contributed by atoms with van der Waals surface area (Å²) in [4.78, 5) is 11.4. The lowest BCUT2D eigenvalue weighted by Crippen LogP contribution is -2.15. The molecule has 0 aliphatic rings. The maximum absolute atomic E-state index is 11.4. The molecule has 0 saturated carbocycles. The summed E-state index contributed by atoms with van der Waals surface area (Å²) in [5.74, 6) is 0.199. The Morgan fingerprint density at radius 3 is 2.83 bits per heavy atom. The number of ether oxygens (including phenoxy) is 1. The Bertz CT molecular complexity index is 583. The molecule has 1 heterocycles. The summed E-state index contributed by atoms with van der Waals surface area (Å²) in [6.45, 7) is 5.81. The lowest BCUT2D eigenvalue weighted by Gasteiger charge is -2.09. The second-order valence-electron chi connectivity index (χ2n) is 4.19. The number of carbonyl (C=O) groups excluding carboxylic acids is 1. The summed E-state index contributed by atoms with van der Waals surface area (Å²) in [7, 11) is 0. The second kappa shape index (κ2) is 4.82. The topological polar surface area (TPSA) is 59.7 Å². The first-order valence-corrected chi connectivity index (χ1v) is 5.89. The van der Waals surface area contributed by atoms with Crippen LogP contribution < -0.4 is 0 Å². The molecule has 0 radical (unpaired) electrons. The van der Waals surface area contributed by atoms with Crippen molar-refractivity contribution in [3.63, 3.8) is 0 Å². The molecule has 0 spiro atoms. The maximum atomic E-state index is 11.4. The number of furan rings is 1. The van der Waals surface area contributed by atoms with E-state index in [2.05, 4.69) is 0 Å². The van der Waals surface area contributed by atoms with Crippen molar-refractivity contribution >= 4 is 16.9 Å². The van der Waals surface area contributed by atoms with E-state index >= 15 is 0 Å². The van der Waals surface area contributed by atoms with Crippen molar-refractivity contribution in [3.8, 4) is 0 Å². The molecule has 1 aromatic carbocycles. The average molecular weight is 248 g/mol. The van der Waals surface area contributed by atoms with Gasteiger partial charge in [-0.05, 0) is 38.0 Å². The van der Waals surface area contributed by atoms with E-state index in [1.54, 1.807) is 19.1 Å². The van der Waals surface area contributed by atoms with Crippen LogP contribution in [0.4, 0.5) is 0 Å². The Hall–Kier alpha value is -1.81. The van der Waals surface area contributed by atoms with Gasteiger partial charge in [0.05, 0.1) is 6.61 Å². The van der Waals surface area contributed by atoms with Gasteiger partial charge in [-0.1, -0.05) is 12.1 Å². The van der Waals surface area contributed by atoms with Gasteiger partial charge in [0.1, 0.15) is 11.3 Å². The molecule has 0 fully saturated rings. The Labute approximate surface area is 105 Å². The minimum absolute atomic E-state index is 0.247. The first-order valence-electron chi connectivity index (χ1n) is 5.89. The zero-order valence-electron chi connectivity index (χ0n) is 10.7. The molecule has 0 aliphatic heterocycles. The minimum atomic E-state index is -1.26. The second-order valence-corrected chi connectivity index (χ2v) is 4.19. The molecule has 0 bridgehead atoms. The number of aryl methyl sites for hydroxylation is 2. The number of rotatable bonds is 3. The molecule has 18 heavy (non-hydrogen) atoms. The third-order valence-electron chi connectivity index (χ3n) is 3.03. The van der Waals surface area contributed by atoms with Crippen LogP contribution in [0.3, 0.4) is 0 Å². The maximum Gasteiger partial charge on any atom is 0.339 e. The lowest BCUT2D eigenvalue weighted by molar-refractivity contribution is -0.153. The van der Waals surface area contributed by atoms with Gasteiger partial charge in [0.25, 0.3) is 0 Å². The molecule has 0 saturated heterocycles. The Morgan fingerprint density at radius 1 is 1.44 bits per heavy atom. The largest absolute Gasteiger partial charge is 0.464 e. The van der Waals surface area contributed by atoms with Gasteiger partial charge in [-0.2, -0.15) is 0 Å². The molecular weight excluding hydrogens is 232 g/mol. The van der Waals surface area contributed by atoms with E-state index in [1.165, 1.54) is 0 Å². The quantitative estimate of drug-likeness (QED) is 0.848. The smallest absolute Gasteiger partial charge is 0.339 e. The van der Waals surface area contributed by atoms with Crippen LogP contribution in [0, 0.1) is 13.8 Å². The van der Waals surface area contributed by atoms with E-state index in [0.717, 1.165) is 16.7 Å². The summed E-state index contributed by atoms with van der Waals surface area (Å²) < 4.78 is 10.3. The van der Waals surface area contributed by atoms with Crippen LogP contribution in [0.15, 0.2) is 22.6 Å². The van der Waals surface area contributed by atoms with Crippen molar-refractivity contribution in [1.29, 1.82) is 0 Å². The third kappa shape index (κ3) is 2.11. The van der Waals surface area contributed by atoms with Gasteiger partial charge >= 0.3 is 5.97 Å². The summed E-state index contributed by atoms with van der Waals surface area (Å²) in [6, 6.07) is 5.24. The van der Waals surface area contributed by atoms with Crippen LogP contribution in [0.25, 0.3) is 11.0 Å². The van der Waals surface area contributed by atoms with Gasteiger partial charge < -0.3 is 14.3 Å². The zero-order valence-corrected chi connectivity index (χ0v) is 10.7. The molecule has 1 aromatic heterocycles. The van der Waals surface area contributed by atoms with E-state index in [4.69, 9.17) is 9.15 Å². The van der Waals surface area contributed by atoms with Gasteiger partial charge in [-0.15, -0.1) is 0 Å². The molecular formula is C14H16O4. The number of fused-ring (bicyclic) bond motifs is 1. The summed E-state index contributed by atoms with van der Waals surface area (Å²) in [5.41, 5.74) is 2.22. The van der Waals surface area contributed by atoms with Crippen molar-refractivity contribution in [2.45, 2.75) is 26.9 Å². The first kappa shape index (κ1) is 12.6. The van der Waals surface area contributed by atoms with Crippen LogP contribution in [-0.4, -0.2) is 17.7 Å². The standard InChI is InChI=1S/C14H16O4/c1-4-17-14(16)13(15)10-5-6-11-8(2)9(3)18-12(11)7-10/h5-7,13,15H,4H2,1-3H3. The normalized spacial score (nSPS) is 12.7. The summed E-state index contributed by atoms with van der Waals surface area (Å²) in [6.07, 6.45) is -1.26.